The standard InChI is InChI=1S/C21H22O7/c1-26-15-6-3-2-5-13(15)17-14(8-11-27-12-9-22)19(23)21(25)18(17)20(24)16-7-4-10-28-16/h2-7,10,14,17,22,25H,8-9,11-12H2,1H3. The molecule has 0 spiro atoms. The highest BCUT2D eigenvalue weighted by Gasteiger charge is 2.47. The number of carbonyl (C=O) groups excluding carboxylic acids is 2. The molecular formula is C21H22O7. The van der Waals surface area contributed by atoms with Gasteiger partial charge < -0.3 is 24.1 Å². The van der Waals surface area contributed by atoms with Gasteiger partial charge >= 0.3 is 0 Å². The molecule has 0 aliphatic heterocycles. The first-order valence-corrected chi connectivity index (χ1v) is 8.97. The average Bonchev–Trinajstić information content (AvgIpc) is 3.33. The summed E-state index contributed by atoms with van der Waals surface area (Å²) in [4.78, 5) is 25.8. The lowest BCUT2D eigenvalue weighted by molar-refractivity contribution is -0.121. The van der Waals surface area contributed by atoms with Gasteiger partial charge in [-0.2, -0.15) is 0 Å². The van der Waals surface area contributed by atoms with E-state index in [1.165, 1.54) is 19.4 Å². The fourth-order valence-electron chi connectivity index (χ4n) is 3.57. The van der Waals surface area contributed by atoms with E-state index in [0.717, 1.165) is 0 Å². The van der Waals surface area contributed by atoms with Crippen molar-refractivity contribution < 1.29 is 33.7 Å². The molecule has 1 heterocycles. The van der Waals surface area contributed by atoms with E-state index in [4.69, 9.17) is 19.0 Å². The molecule has 1 aromatic carbocycles. The van der Waals surface area contributed by atoms with Crippen LogP contribution in [-0.4, -0.2) is 48.7 Å². The molecule has 0 amide bonds. The summed E-state index contributed by atoms with van der Waals surface area (Å²) in [6.45, 7) is 0.232. The van der Waals surface area contributed by atoms with Gasteiger partial charge in [-0.1, -0.05) is 18.2 Å². The monoisotopic (exact) mass is 386 g/mol. The van der Waals surface area contributed by atoms with Gasteiger partial charge in [0.25, 0.3) is 0 Å². The molecule has 2 unspecified atom stereocenters. The molecule has 148 valence electrons. The summed E-state index contributed by atoms with van der Waals surface area (Å²) in [5, 5.41) is 19.4. The Morgan fingerprint density at radius 2 is 1.96 bits per heavy atom. The van der Waals surface area contributed by atoms with Gasteiger partial charge in [0.05, 0.1) is 32.2 Å². The van der Waals surface area contributed by atoms with Crippen LogP contribution >= 0.6 is 0 Å². The molecule has 0 saturated carbocycles. The number of ketones is 2. The number of Topliss-reactive ketones (excluding diaryl/α,β-unsaturated/α-hetero) is 2. The van der Waals surface area contributed by atoms with E-state index in [-0.39, 0.29) is 37.6 Å². The van der Waals surface area contributed by atoms with Crippen LogP contribution in [0.15, 0.2) is 58.4 Å². The highest BCUT2D eigenvalue weighted by Crippen LogP contribution is 2.46. The third-order valence-electron chi connectivity index (χ3n) is 4.81. The Kier molecular flexibility index (Phi) is 6.28. The van der Waals surface area contributed by atoms with Crippen LogP contribution in [0.25, 0.3) is 0 Å². The molecule has 2 N–H and O–H groups in total. The normalized spacial score (nSPS) is 19.3. The van der Waals surface area contributed by atoms with Crippen molar-refractivity contribution in [2.24, 2.45) is 5.92 Å². The lowest BCUT2D eigenvalue weighted by Gasteiger charge is -2.23. The summed E-state index contributed by atoms with van der Waals surface area (Å²) in [6, 6.07) is 10.1. The first-order valence-electron chi connectivity index (χ1n) is 8.97. The number of hydrogen-bond acceptors (Lipinski definition) is 7. The molecule has 1 aromatic heterocycles. The Hall–Kier alpha value is -2.90. The van der Waals surface area contributed by atoms with Gasteiger partial charge in [-0.05, 0) is 24.6 Å². The van der Waals surface area contributed by atoms with Gasteiger partial charge in [0.2, 0.25) is 11.6 Å². The van der Waals surface area contributed by atoms with Gasteiger partial charge in [0, 0.05) is 24.0 Å². The largest absolute Gasteiger partial charge is 0.504 e. The molecule has 3 rings (SSSR count). The molecule has 1 aliphatic carbocycles. The second-order valence-corrected chi connectivity index (χ2v) is 6.38. The summed E-state index contributed by atoms with van der Waals surface area (Å²) in [6.07, 6.45) is 1.64. The number of para-hydroxylation sites is 1. The van der Waals surface area contributed by atoms with Crippen molar-refractivity contribution >= 4 is 11.6 Å². The van der Waals surface area contributed by atoms with Gasteiger partial charge in [-0.25, -0.2) is 0 Å². The van der Waals surface area contributed by atoms with Crippen molar-refractivity contribution in [2.75, 3.05) is 26.9 Å². The number of rotatable bonds is 9. The third-order valence-corrected chi connectivity index (χ3v) is 4.81. The minimum absolute atomic E-state index is 0.00314. The predicted molar refractivity (Wildman–Crippen MR) is 99.4 cm³/mol. The smallest absolute Gasteiger partial charge is 0.228 e. The second-order valence-electron chi connectivity index (χ2n) is 6.38. The molecular weight excluding hydrogens is 364 g/mol. The van der Waals surface area contributed by atoms with Gasteiger partial charge in [0.1, 0.15) is 5.75 Å². The zero-order chi connectivity index (χ0) is 20.1. The number of furan rings is 1. The molecule has 0 radical (unpaired) electrons. The first-order chi connectivity index (χ1) is 13.6. The van der Waals surface area contributed by atoms with E-state index in [0.29, 0.717) is 11.3 Å². The summed E-state index contributed by atoms with van der Waals surface area (Å²) < 4.78 is 15.9. The van der Waals surface area contributed by atoms with Crippen LogP contribution in [0.4, 0.5) is 0 Å². The Labute approximate surface area is 162 Å². The molecule has 0 saturated heterocycles. The minimum atomic E-state index is -0.695. The molecule has 0 fully saturated rings. The van der Waals surface area contributed by atoms with Crippen molar-refractivity contribution in [1.82, 2.24) is 0 Å². The number of carbonyl (C=O) groups is 2. The zero-order valence-corrected chi connectivity index (χ0v) is 15.5. The number of ether oxygens (including phenoxy) is 2. The SMILES string of the molecule is COc1ccccc1C1C(C(=O)c2ccco2)=C(O)C(=O)C1CCOCCO. The summed E-state index contributed by atoms with van der Waals surface area (Å²) >= 11 is 0. The van der Waals surface area contributed by atoms with Crippen molar-refractivity contribution in [3.05, 3.63) is 65.3 Å². The topological polar surface area (TPSA) is 106 Å². The van der Waals surface area contributed by atoms with Crippen LogP contribution in [0.5, 0.6) is 5.75 Å². The molecule has 7 nitrogen and oxygen atoms in total. The van der Waals surface area contributed by atoms with Crippen molar-refractivity contribution in [1.29, 1.82) is 0 Å². The number of allylic oxidation sites excluding steroid dienone is 2. The maximum atomic E-state index is 13.0. The summed E-state index contributed by atoms with van der Waals surface area (Å²) in [7, 11) is 1.51. The summed E-state index contributed by atoms with van der Waals surface area (Å²) in [5.41, 5.74) is 0.626. The first kappa shape index (κ1) is 19.9. The highest BCUT2D eigenvalue weighted by atomic mass is 16.5. The van der Waals surface area contributed by atoms with E-state index < -0.39 is 29.2 Å². The number of aliphatic hydroxyl groups excluding tert-OH is 2. The Morgan fingerprint density at radius 3 is 2.64 bits per heavy atom. The second kappa shape index (κ2) is 8.86. The minimum Gasteiger partial charge on any atom is -0.504 e. The number of hydrogen-bond donors (Lipinski definition) is 2. The number of methoxy groups -OCH3 is 1. The molecule has 1 aliphatic rings. The van der Waals surface area contributed by atoms with Crippen molar-refractivity contribution in [3.63, 3.8) is 0 Å². The molecule has 2 atom stereocenters. The lowest BCUT2D eigenvalue weighted by atomic mass is 9.80. The Morgan fingerprint density at radius 1 is 1.18 bits per heavy atom. The van der Waals surface area contributed by atoms with Gasteiger partial charge in [-0.3, -0.25) is 9.59 Å². The van der Waals surface area contributed by atoms with E-state index in [1.807, 2.05) is 0 Å². The zero-order valence-electron chi connectivity index (χ0n) is 15.5. The molecule has 7 heteroatoms. The van der Waals surface area contributed by atoms with Crippen molar-refractivity contribution in [2.45, 2.75) is 12.3 Å². The number of benzene rings is 1. The Balaban J connectivity index is 2.02. The van der Waals surface area contributed by atoms with E-state index in [1.54, 1.807) is 30.3 Å². The van der Waals surface area contributed by atoms with Crippen LogP contribution in [0.1, 0.15) is 28.5 Å². The maximum absolute atomic E-state index is 13.0. The van der Waals surface area contributed by atoms with Gasteiger partial charge in [0.15, 0.2) is 11.5 Å². The molecule has 2 aromatic rings. The van der Waals surface area contributed by atoms with E-state index in [2.05, 4.69) is 0 Å². The summed E-state index contributed by atoms with van der Waals surface area (Å²) in [5.74, 6) is -2.43. The van der Waals surface area contributed by atoms with E-state index >= 15 is 0 Å². The molecule has 28 heavy (non-hydrogen) atoms. The van der Waals surface area contributed by atoms with Gasteiger partial charge in [-0.15, -0.1) is 0 Å². The number of aliphatic hydroxyl groups is 2. The maximum Gasteiger partial charge on any atom is 0.228 e. The highest BCUT2D eigenvalue weighted by molar-refractivity contribution is 6.16. The van der Waals surface area contributed by atoms with Crippen LogP contribution in [-0.2, 0) is 9.53 Å². The van der Waals surface area contributed by atoms with Crippen LogP contribution in [0, 0.1) is 5.92 Å². The average molecular weight is 386 g/mol. The predicted octanol–water partition coefficient (Wildman–Crippen LogP) is 2.66. The Bertz CT molecular complexity index is 867. The fourth-order valence-corrected chi connectivity index (χ4v) is 3.57. The van der Waals surface area contributed by atoms with Crippen LogP contribution in [0.3, 0.4) is 0 Å². The quantitative estimate of drug-likeness (QED) is 0.504. The third kappa shape index (κ3) is 3.72. The van der Waals surface area contributed by atoms with Crippen LogP contribution in [0.2, 0.25) is 0 Å². The lowest BCUT2D eigenvalue weighted by Crippen LogP contribution is -2.21. The fraction of sp³-hybridized carbons (Fsp3) is 0.333. The molecule has 0 bridgehead atoms. The van der Waals surface area contributed by atoms with Crippen LogP contribution < -0.4 is 4.74 Å². The van der Waals surface area contributed by atoms with Crippen molar-refractivity contribution in [3.8, 4) is 5.75 Å². The van der Waals surface area contributed by atoms with E-state index in [9.17, 15) is 14.7 Å².